The first-order valence-corrected chi connectivity index (χ1v) is 6.66. The Hall–Kier alpha value is -1.42. The molecule has 2 N–H and O–H groups in total. The van der Waals surface area contributed by atoms with Gasteiger partial charge in [-0.25, -0.2) is 0 Å². The van der Waals surface area contributed by atoms with Crippen molar-refractivity contribution in [3.8, 4) is 0 Å². The van der Waals surface area contributed by atoms with Crippen LogP contribution < -0.4 is 5.73 Å². The van der Waals surface area contributed by atoms with Gasteiger partial charge in [-0.05, 0) is 24.8 Å². The summed E-state index contributed by atoms with van der Waals surface area (Å²) >= 11 is 4.87. The average Bonchev–Trinajstić information content (AvgIpc) is 3.16. The molecule has 0 saturated heterocycles. The summed E-state index contributed by atoms with van der Waals surface area (Å²) in [7, 11) is 0. The van der Waals surface area contributed by atoms with Gasteiger partial charge in [-0.2, -0.15) is 0 Å². The Balaban J connectivity index is 1.98. The second-order valence-electron chi connectivity index (χ2n) is 4.68. The first kappa shape index (κ1) is 13.0. The summed E-state index contributed by atoms with van der Waals surface area (Å²) in [6.45, 7) is 3.01. The van der Waals surface area contributed by atoms with Crippen molar-refractivity contribution in [2.75, 3.05) is 13.1 Å². The number of amides is 1. The van der Waals surface area contributed by atoms with Gasteiger partial charge in [0, 0.05) is 12.5 Å². The van der Waals surface area contributed by atoms with E-state index in [1.165, 1.54) is 5.56 Å². The number of likely N-dealkylation sites (N-methyl/N-ethyl adjacent to an activating group) is 1. The minimum absolute atomic E-state index is 0.113. The predicted octanol–water partition coefficient (Wildman–Crippen LogP) is 1.92. The Morgan fingerprint density at radius 3 is 2.67 bits per heavy atom. The fourth-order valence-corrected chi connectivity index (χ4v) is 2.46. The van der Waals surface area contributed by atoms with E-state index in [1.54, 1.807) is 4.90 Å². The van der Waals surface area contributed by atoms with E-state index in [2.05, 4.69) is 12.1 Å². The molecule has 1 saturated carbocycles. The van der Waals surface area contributed by atoms with Crippen LogP contribution in [0.25, 0.3) is 0 Å². The van der Waals surface area contributed by atoms with Gasteiger partial charge < -0.3 is 10.6 Å². The van der Waals surface area contributed by atoms with Crippen molar-refractivity contribution < 1.29 is 4.79 Å². The monoisotopic (exact) mass is 262 g/mol. The van der Waals surface area contributed by atoms with Crippen molar-refractivity contribution in [1.82, 2.24) is 4.90 Å². The van der Waals surface area contributed by atoms with Gasteiger partial charge in [-0.3, -0.25) is 4.79 Å². The molecule has 18 heavy (non-hydrogen) atoms. The predicted molar refractivity (Wildman–Crippen MR) is 76.3 cm³/mol. The number of benzene rings is 1. The van der Waals surface area contributed by atoms with Crippen LogP contribution >= 0.6 is 12.2 Å². The highest BCUT2D eigenvalue weighted by Gasteiger charge is 2.45. The largest absolute Gasteiger partial charge is 0.392 e. The number of carbonyl (C=O) groups excluding carboxylic acids is 1. The number of rotatable bonds is 5. The van der Waals surface area contributed by atoms with E-state index < -0.39 is 0 Å². The Morgan fingerprint density at radius 2 is 2.11 bits per heavy atom. The summed E-state index contributed by atoms with van der Waals surface area (Å²) in [6.07, 6.45) is 0.941. The van der Waals surface area contributed by atoms with Crippen LogP contribution in [-0.2, 0) is 4.79 Å². The van der Waals surface area contributed by atoms with E-state index in [0.29, 0.717) is 24.0 Å². The summed E-state index contributed by atoms with van der Waals surface area (Å²) in [5, 5.41) is 0. The number of thiocarbonyl (C=S) groups is 1. The van der Waals surface area contributed by atoms with Crippen LogP contribution in [0.1, 0.15) is 24.8 Å². The van der Waals surface area contributed by atoms with E-state index in [-0.39, 0.29) is 11.8 Å². The molecule has 2 unspecified atom stereocenters. The lowest BCUT2D eigenvalue weighted by Gasteiger charge is -2.20. The summed E-state index contributed by atoms with van der Waals surface area (Å²) < 4.78 is 0. The quantitative estimate of drug-likeness (QED) is 0.825. The van der Waals surface area contributed by atoms with Gasteiger partial charge >= 0.3 is 0 Å². The van der Waals surface area contributed by atoms with E-state index in [4.69, 9.17) is 18.0 Å². The smallest absolute Gasteiger partial charge is 0.226 e. The van der Waals surface area contributed by atoms with E-state index >= 15 is 0 Å². The topological polar surface area (TPSA) is 46.3 Å². The molecule has 1 aromatic carbocycles. The van der Waals surface area contributed by atoms with Gasteiger partial charge in [0.05, 0.1) is 11.5 Å². The molecule has 1 amide bonds. The van der Waals surface area contributed by atoms with Crippen molar-refractivity contribution in [3.63, 3.8) is 0 Å². The van der Waals surface area contributed by atoms with Crippen LogP contribution in [0.3, 0.4) is 0 Å². The molecule has 0 radical (unpaired) electrons. The molecule has 1 aromatic rings. The maximum absolute atomic E-state index is 12.3. The van der Waals surface area contributed by atoms with Crippen molar-refractivity contribution in [2.24, 2.45) is 11.7 Å². The number of nitrogens with two attached hydrogens (primary N) is 1. The standard InChI is InChI=1S/C14H18N2OS/c1-2-16(9-13(15)18)14(17)12-8-11(12)10-6-4-3-5-7-10/h3-7,11-12H,2,8-9H2,1H3,(H2,15,18). The van der Waals surface area contributed by atoms with Crippen LogP contribution in [0.2, 0.25) is 0 Å². The molecule has 2 atom stereocenters. The van der Waals surface area contributed by atoms with Gasteiger partial charge in [0.2, 0.25) is 5.91 Å². The number of hydrogen-bond donors (Lipinski definition) is 1. The second-order valence-corrected chi connectivity index (χ2v) is 5.20. The maximum Gasteiger partial charge on any atom is 0.226 e. The molecule has 2 rings (SSSR count). The first-order valence-electron chi connectivity index (χ1n) is 6.25. The summed E-state index contributed by atoms with van der Waals surface area (Å²) in [4.78, 5) is 14.4. The SMILES string of the molecule is CCN(CC(N)=S)C(=O)C1CC1c1ccccc1. The Bertz CT molecular complexity index is 446. The normalized spacial score (nSPS) is 21.4. The van der Waals surface area contributed by atoms with Gasteiger partial charge in [-0.1, -0.05) is 42.5 Å². The molecule has 0 heterocycles. The highest BCUT2D eigenvalue weighted by molar-refractivity contribution is 7.80. The molecular weight excluding hydrogens is 244 g/mol. The van der Waals surface area contributed by atoms with Crippen LogP contribution in [-0.4, -0.2) is 28.9 Å². The maximum atomic E-state index is 12.3. The van der Waals surface area contributed by atoms with Crippen LogP contribution in [0, 0.1) is 5.92 Å². The van der Waals surface area contributed by atoms with Crippen molar-refractivity contribution in [2.45, 2.75) is 19.3 Å². The third-order valence-electron chi connectivity index (χ3n) is 3.38. The number of nitrogens with zero attached hydrogens (tertiary/aromatic N) is 1. The van der Waals surface area contributed by atoms with E-state index in [9.17, 15) is 4.79 Å². The van der Waals surface area contributed by atoms with E-state index in [0.717, 1.165) is 6.42 Å². The van der Waals surface area contributed by atoms with Crippen LogP contribution in [0.5, 0.6) is 0 Å². The van der Waals surface area contributed by atoms with Gasteiger partial charge in [0.1, 0.15) is 0 Å². The molecule has 0 bridgehead atoms. The Labute approximate surface area is 113 Å². The highest BCUT2D eigenvalue weighted by atomic mass is 32.1. The fraction of sp³-hybridized carbons (Fsp3) is 0.429. The average molecular weight is 262 g/mol. The van der Waals surface area contributed by atoms with Crippen LogP contribution in [0.4, 0.5) is 0 Å². The molecule has 1 aliphatic rings. The lowest BCUT2D eigenvalue weighted by Crippen LogP contribution is -2.38. The zero-order chi connectivity index (χ0) is 13.1. The Morgan fingerprint density at radius 1 is 1.44 bits per heavy atom. The molecule has 0 spiro atoms. The third-order valence-corrected chi connectivity index (χ3v) is 3.50. The van der Waals surface area contributed by atoms with Gasteiger partial charge in [0.25, 0.3) is 0 Å². The fourth-order valence-electron chi connectivity index (χ4n) is 2.30. The van der Waals surface area contributed by atoms with Gasteiger partial charge in [-0.15, -0.1) is 0 Å². The lowest BCUT2D eigenvalue weighted by atomic mass is 10.1. The van der Waals surface area contributed by atoms with E-state index in [1.807, 2.05) is 25.1 Å². The minimum atomic E-state index is 0.113. The first-order chi connectivity index (χ1) is 8.63. The van der Waals surface area contributed by atoms with Crippen LogP contribution in [0.15, 0.2) is 30.3 Å². The number of carbonyl (C=O) groups is 1. The zero-order valence-electron chi connectivity index (χ0n) is 10.5. The van der Waals surface area contributed by atoms with Crippen molar-refractivity contribution in [1.29, 1.82) is 0 Å². The molecule has 1 fully saturated rings. The highest BCUT2D eigenvalue weighted by Crippen LogP contribution is 2.48. The molecular formula is C14H18N2OS. The van der Waals surface area contributed by atoms with Gasteiger partial charge in [0.15, 0.2) is 0 Å². The lowest BCUT2D eigenvalue weighted by molar-refractivity contribution is -0.131. The summed E-state index contributed by atoms with van der Waals surface area (Å²) in [5.74, 6) is 0.667. The van der Waals surface area contributed by atoms with Crippen molar-refractivity contribution in [3.05, 3.63) is 35.9 Å². The minimum Gasteiger partial charge on any atom is -0.392 e. The summed E-state index contributed by atoms with van der Waals surface area (Å²) in [5.41, 5.74) is 6.76. The molecule has 1 aliphatic carbocycles. The third kappa shape index (κ3) is 2.88. The molecule has 3 nitrogen and oxygen atoms in total. The summed E-state index contributed by atoms with van der Waals surface area (Å²) in [6, 6.07) is 10.2. The molecule has 4 heteroatoms. The molecule has 0 aliphatic heterocycles. The molecule has 96 valence electrons. The Kier molecular flexibility index (Phi) is 3.97. The molecule has 0 aromatic heterocycles. The second kappa shape index (κ2) is 5.48. The zero-order valence-corrected chi connectivity index (χ0v) is 11.3. The van der Waals surface area contributed by atoms with Crippen molar-refractivity contribution >= 4 is 23.1 Å². The number of hydrogen-bond acceptors (Lipinski definition) is 2.